The van der Waals surface area contributed by atoms with Gasteiger partial charge in [0.1, 0.15) is 6.10 Å². The van der Waals surface area contributed by atoms with Crippen LogP contribution in [-0.2, 0) is 14.3 Å². The summed E-state index contributed by atoms with van der Waals surface area (Å²) in [5.74, 6) is -0.751. The van der Waals surface area contributed by atoms with Gasteiger partial charge in [0.25, 0.3) is 0 Å². The standard InChI is InChI=1S/C17H24O6/c1-4-5-6-7-17(20)23-14(11-16(18)19)12-8-9-13(21-2)15(10-12)22-3/h8-10,14H,4-7,11H2,1-3H3,(H,18,19)/p-1. The Morgan fingerprint density at radius 2 is 1.83 bits per heavy atom. The van der Waals surface area contributed by atoms with Gasteiger partial charge in [-0.1, -0.05) is 25.8 Å². The molecule has 1 rings (SSSR count). The van der Waals surface area contributed by atoms with E-state index in [1.807, 2.05) is 6.92 Å². The predicted octanol–water partition coefficient (Wildman–Crippen LogP) is 2.01. The molecule has 0 bridgehead atoms. The number of unbranched alkanes of at least 4 members (excludes halogenated alkanes) is 2. The van der Waals surface area contributed by atoms with Crippen LogP contribution in [0.4, 0.5) is 0 Å². The van der Waals surface area contributed by atoms with E-state index in [-0.39, 0.29) is 6.42 Å². The fraction of sp³-hybridized carbons (Fsp3) is 0.529. The highest BCUT2D eigenvalue weighted by molar-refractivity contribution is 5.71. The zero-order chi connectivity index (χ0) is 17.2. The Morgan fingerprint density at radius 3 is 2.39 bits per heavy atom. The molecule has 0 aliphatic rings. The number of hydrogen-bond donors (Lipinski definition) is 0. The first-order valence-corrected chi connectivity index (χ1v) is 7.63. The van der Waals surface area contributed by atoms with Gasteiger partial charge >= 0.3 is 5.97 Å². The summed E-state index contributed by atoms with van der Waals surface area (Å²) in [4.78, 5) is 22.8. The molecule has 0 spiro atoms. The number of carbonyl (C=O) groups excluding carboxylic acids is 2. The van der Waals surface area contributed by atoms with Crippen molar-refractivity contribution in [1.29, 1.82) is 0 Å². The molecule has 1 atom stereocenters. The predicted molar refractivity (Wildman–Crippen MR) is 82.1 cm³/mol. The van der Waals surface area contributed by atoms with Gasteiger partial charge in [-0.3, -0.25) is 4.79 Å². The molecule has 6 nitrogen and oxygen atoms in total. The van der Waals surface area contributed by atoms with E-state index in [4.69, 9.17) is 14.2 Å². The number of methoxy groups -OCH3 is 2. The SMILES string of the molecule is CCCCCC(=O)OC(CC(=O)[O-])c1ccc(OC)c(OC)c1. The van der Waals surface area contributed by atoms with Crippen molar-refractivity contribution in [3.63, 3.8) is 0 Å². The lowest BCUT2D eigenvalue weighted by atomic mass is 10.1. The van der Waals surface area contributed by atoms with E-state index >= 15 is 0 Å². The second-order valence-corrected chi connectivity index (χ2v) is 5.13. The van der Waals surface area contributed by atoms with Crippen LogP contribution in [-0.4, -0.2) is 26.2 Å². The topological polar surface area (TPSA) is 84.9 Å². The first-order valence-electron chi connectivity index (χ1n) is 7.63. The third-order valence-electron chi connectivity index (χ3n) is 3.39. The smallest absolute Gasteiger partial charge is 0.306 e. The third-order valence-corrected chi connectivity index (χ3v) is 3.39. The van der Waals surface area contributed by atoms with E-state index in [2.05, 4.69) is 0 Å². The summed E-state index contributed by atoms with van der Waals surface area (Å²) in [6, 6.07) is 4.89. The van der Waals surface area contributed by atoms with Crippen molar-refractivity contribution in [1.82, 2.24) is 0 Å². The zero-order valence-electron chi connectivity index (χ0n) is 13.8. The summed E-state index contributed by atoms with van der Waals surface area (Å²) in [5, 5.41) is 10.9. The molecule has 6 heteroatoms. The molecule has 0 aliphatic carbocycles. The van der Waals surface area contributed by atoms with E-state index in [1.54, 1.807) is 18.2 Å². The number of carbonyl (C=O) groups is 2. The molecular formula is C17H23O6-. The van der Waals surface area contributed by atoms with Gasteiger partial charge in [0, 0.05) is 18.8 Å². The van der Waals surface area contributed by atoms with Gasteiger partial charge in [-0.2, -0.15) is 0 Å². The normalized spacial score (nSPS) is 11.6. The lowest BCUT2D eigenvalue weighted by Gasteiger charge is -2.20. The van der Waals surface area contributed by atoms with E-state index in [0.717, 1.165) is 19.3 Å². The molecule has 0 fully saturated rings. The van der Waals surface area contributed by atoms with Gasteiger partial charge in [-0.25, -0.2) is 0 Å². The molecule has 0 heterocycles. The molecule has 1 unspecified atom stereocenters. The van der Waals surface area contributed by atoms with Crippen molar-refractivity contribution < 1.29 is 28.9 Å². The van der Waals surface area contributed by atoms with E-state index in [9.17, 15) is 14.7 Å². The van der Waals surface area contributed by atoms with Gasteiger partial charge in [0.05, 0.1) is 14.2 Å². The molecule has 0 aliphatic heterocycles. The van der Waals surface area contributed by atoms with Crippen molar-refractivity contribution in [3.05, 3.63) is 23.8 Å². The Kier molecular flexibility index (Phi) is 7.94. The van der Waals surface area contributed by atoms with Crippen LogP contribution in [0.2, 0.25) is 0 Å². The van der Waals surface area contributed by atoms with E-state index in [0.29, 0.717) is 17.1 Å². The lowest BCUT2D eigenvalue weighted by molar-refractivity contribution is -0.307. The number of rotatable bonds is 10. The Bertz CT molecular complexity index is 526. The van der Waals surface area contributed by atoms with Crippen LogP contribution >= 0.6 is 0 Å². The summed E-state index contributed by atoms with van der Waals surface area (Å²) in [5.41, 5.74) is 0.524. The highest BCUT2D eigenvalue weighted by Gasteiger charge is 2.19. The number of aliphatic carboxylic acids is 1. The van der Waals surface area contributed by atoms with Crippen LogP contribution in [0.1, 0.15) is 50.7 Å². The minimum absolute atomic E-state index is 0.269. The van der Waals surface area contributed by atoms with Gasteiger partial charge in [-0.15, -0.1) is 0 Å². The Hall–Kier alpha value is -2.24. The Morgan fingerprint density at radius 1 is 1.13 bits per heavy atom. The quantitative estimate of drug-likeness (QED) is 0.484. The number of carboxylic acid groups (broad SMARTS) is 1. The first-order chi connectivity index (χ1) is 11.0. The van der Waals surface area contributed by atoms with Crippen LogP contribution in [0.5, 0.6) is 11.5 Å². The average molecular weight is 323 g/mol. The molecule has 23 heavy (non-hydrogen) atoms. The van der Waals surface area contributed by atoms with Gasteiger partial charge < -0.3 is 24.1 Å². The second kappa shape index (κ2) is 9.71. The fourth-order valence-corrected chi connectivity index (χ4v) is 2.17. The highest BCUT2D eigenvalue weighted by Crippen LogP contribution is 2.32. The minimum Gasteiger partial charge on any atom is -0.550 e. The highest BCUT2D eigenvalue weighted by atomic mass is 16.5. The first kappa shape index (κ1) is 18.8. The van der Waals surface area contributed by atoms with Gasteiger partial charge in [0.2, 0.25) is 0 Å². The van der Waals surface area contributed by atoms with Crippen LogP contribution in [0.15, 0.2) is 18.2 Å². The van der Waals surface area contributed by atoms with Crippen molar-refractivity contribution >= 4 is 11.9 Å². The Labute approximate surface area is 136 Å². The summed E-state index contributed by atoms with van der Waals surface area (Å²) >= 11 is 0. The monoisotopic (exact) mass is 323 g/mol. The molecule has 1 aromatic carbocycles. The van der Waals surface area contributed by atoms with Crippen LogP contribution in [0.3, 0.4) is 0 Å². The summed E-state index contributed by atoms with van der Waals surface area (Å²) < 4.78 is 15.6. The van der Waals surface area contributed by atoms with Crippen LogP contribution < -0.4 is 14.6 Å². The minimum atomic E-state index is -1.29. The number of esters is 1. The van der Waals surface area contributed by atoms with Crippen molar-refractivity contribution in [2.24, 2.45) is 0 Å². The summed E-state index contributed by atoms with van der Waals surface area (Å²) in [7, 11) is 2.98. The maximum atomic E-state index is 11.9. The van der Waals surface area contributed by atoms with Crippen molar-refractivity contribution in [2.75, 3.05) is 14.2 Å². The van der Waals surface area contributed by atoms with Crippen LogP contribution in [0.25, 0.3) is 0 Å². The number of ether oxygens (including phenoxy) is 3. The molecule has 1 aromatic rings. The molecule has 0 saturated carbocycles. The molecule has 128 valence electrons. The number of benzene rings is 1. The van der Waals surface area contributed by atoms with Crippen LogP contribution in [0, 0.1) is 0 Å². The van der Waals surface area contributed by atoms with Gasteiger partial charge in [-0.05, 0) is 24.1 Å². The molecule has 0 N–H and O–H groups in total. The third kappa shape index (κ3) is 6.18. The molecule has 0 amide bonds. The molecule has 0 aromatic heterocycles. The number of hydrogen-bond acceptors (Lipinski definition) is 6. The average Bonchev–Trinajstić information content (AvgIpc) is 2.53. The molecular weight excluding hydrogens is 300 g/mol. The maximum absolute atomic E-state index is 11.9. The largest absolute Gasteiger partial charge is 0.550 e. The summed E-state index contributed by atoms with van der Waals surface area (Å²) in [6.45, 7) is 2.04. The Balaban J connectivity index is 2.88. The summed E-state index contributed by atoms with van der Waals surface area (Å²) in [6.07, 6.45) is 1.59. The lowest BCUT2D eigenvalue weighted by Crippen LogP contribution is -2.26. The van der Waals surface area contributed by atoms with Crippen molar-refractivity contribution in [3.8, 4) is 11.5 Å². The molecule has 0 radical (unpaired) electrons. The van der Waals surface area contributed by atoms with Gasteiger partial charge in [0.15, 0.2) is 11.5 Å². The maximum Gasteiger partial charge on any atom is 0.306 e. The fourth-order valence-electron chi connectivity index (χ4n) is 2.17. The second-order valence-electron chi connectivity index (χ2n) is 5.13. The zero-order valence-corrected chi connectivity index (χ0v) is 13.8. The molecule has 0 saturated heterocycles. The van der Waals surface area contributed by atoms with E-state index in [1.165, 1.54) is 14.2 Å². The van der Waals surface area contributed by atoms with E-state index < -0.39 is 24.5 Å². The van der Waals surface area contributed by atoms with Crippen molar-refractivity contribution in [2.45, 2.75) is 45.1 Å². The number of carboxylic acids is 1.